The largest absolute Gasteiger partial charge is 0.291 e. The van der Waals surface area contributed by atoms with Crippen LogP contribution >= 0.6 is 0 Å². The van der Waals surface area contributed by atoms with Crippen LogP contribution in [0.1, 0.15) is 10.4 Å². The maximum atomic E-state index is 11.9. The van der Waals surface area contributed by atoms with E-state index < -0.39 is 0 Å². The molecule has 8 heteroatoms. The number of rotatable bonds is 3. The third kappa shape index (κ3) is 2.32. The van der Waals surface area contributed by atoms with E-state index >= 15 is 0 Å². The lowest BCUT2D eigenvalue weighted by Gasteiger charge is -2.03. The molecule has 2 aromatic heterocycles. The molecule has 0 aliphatic rings. The van der Waals surface area contributed by atoms with Crippen molar-refractivity contribution >= 4 is 11.9 Å². The van der Waals surface area contributed by atoms with Gasteiger partial charge in [0.25, 0.3) is 5.91 Å². The molecular weight excluding hydrogens is 246 g/mol. The van der Waals surface area contributed by atoms with Crippen molar-refractivity contribution in [1.82, 2.24) is 29.9 Å². The van der Waals surface area contributed by atoms with Crippen LogP contribution in [0.15, 0.2) is 43.2 Å². The number of carbonyl (C=O) groups excluding carboxylic acids is 1. The van der Waals surface area contributed by atoms with Gasteiger partial charge >= 0.3 is 0 Å². The fourth-order valence-corrected chi connectivity index (χ4v) is 1.55. The Morgan fingerprint density at radius 1 is 1.21 bits per heavy atom. The Labute approximate surface area is 107 Å². The minimum atomic E-state index is -0.262. The summed E-state index contributed by atoms with van der Waals surface area (Å²) in [5, 5.41) is 12.8. The first-order chi connectivity index (χ1) is 9.33. The summed E-state index contributed by atoms with van der Waals surface area (Å²) in [4.78, 5) is 19.6. The summed E-state index contributed by atoms with van der Waals surface area (Å²) in [5.74, 6) is 0.0484. The summed E-state index contributed by atoms with van der Waals surface area (Å²) in [5.41, 5.74) is 1.34. The fourth-order valence-electron chi connectivity index (χ4n) is 1.55. The van der Waals surface area contributed by atoms with Crippen molar-refractivity contribution in [3.05, 3.63) is 48.8 Å². The highest BCUT2D eigenvalue weighted by Crippen LogP contribution is 2.09. The van der Waals surface area contributed by atoms with Gasteiger partial charge in [-0.1, -0.05) is 0 Å². The van der Waals surface area contributed by atoms with Crippen molar-refractivity contribution in [1.29, 1.82) is 0 Å². The first-order valence-electron chi connectivity index (χ1n) is 5.45. The van der Waals surface area contributed by atoms with E-state index in [4.69, 9.17) is 0 Å². The van der Waals surface area contributed by atoms with E-state index in [1.54, 1.807) is 35.3 Å². The summed E-state index contributed by atoms with van der Waals surface area (Å²) in [6.45, 7) is 0. The van der Waals surface area contributed by atoms with Crippen LogP contribution in [0.25, 0.3) is 5.69 Å². The van der Waals surface area contributed by atoms with Crippen molar-refractivity contribution in [2.75, 3.05) is 5.32 Å². The van der Waals surface area contributed by atoms with Gasteiger partial charge in [-0.05, 0) is 24.3 Å². The zero-order valence-electron chi connectivity index (χ0n) is 9.69. The summed E-state index contributed by atoms with van der Waals surface area (Å²) >= 11 is 0. The zero-order chi connectivity index (χ0) is 13.1. The lowest BCUT2D eigenvalue weighted by Crippen LogP contribution is -2.13. The van der Waals surface area contributed by atoms with E-state index in [0.29, 0.717) is 11.5 Å². The third-order valence-electron chi connectivity index (χ3n) is 2.46. The Bertz CT molecular complexity index is 658. The number of nitrogens with zero attached hydrogens (tertiary/aromatic N) is 5. The molecule has 3 rings (SSSR count). The number of hydrogen-bond acceptors (Lipinski definition) is 5. The molecule has 0 saturated heterocycles. The molecule has 19 heavy (non-hydrogen) atoms. The van der Waals surface area contributed by atoms with Crippen molar-refractivity contribution in [2.24, 2.45) is 0 Å². The molecule has 0 aliphatic heterocycles. The molecule has 8 nitrogen and oxygen atoms in total. The number of carbonyl (C=O) groups is 1. The average Bonchev–Trinajstić information content (AvgIpc) is 3.12. The minimum Gasteiger partial charge on any atom is -0.291 e. The summed E-state index contributed by atoms with van der Waals surface area (Å²) < 4.78 is 1.61. The number of benzene rings is 1. The van der Waals surface area contributed by atoms with Crippen LogP contribution in [-0.2, 0) is 0 Å². The highest BCUT2D eigenvalue weighted by atomic mass is 16.1. The van der Waals surface area contributed by atoms with Crippen LogP contribution in [0.5, 0.6) is 0 Å². The molecule has 0 radical (unpaired) electrons. The van der Waals surface area contributed by atoms with Crippen molar-refractivity contribution in [3.8, 4) is 5.69 Å². The second kappa shape index (κ2) is 4.69. The highest BCUT2D eigenvalue weighted by molar-refractivity contribution is 6.03. The second-order valence-electron chi connectivity index (χ2n) is 3.68. The predicted octanol–water partition coefficient (Wildman–Crippen LogP) is 0.638. The van der Waals surface area contributed by atoms with E-state index in [1.165, 1.54) is 12.7 Å². The number of aromatic nitrogens is 6. The molecule has 2 N–H and O–H groups in total. The van der Waals surface area contributed by atoms with E-state index in [-0.39, 0.29) is 5.91 Å². The molecule has 0 atom stereocenters. The van der Waals surface area contributed by atoms with E-state index in [1.807, 2.05) is 0 Å². The van der Waals surface area contributed by atoms with Gasteiger partial charge < -0.3 is 0 Å². The zero-order valence-corrected chi connectivity index (χ0v) is 9.69. The van der Waals surface area contributed by atoms with Crippen LogP contribution in [0.4, 0.5) is 5.95 Å². The Hall–Kier alpha value is -3.03. The molecule has 0 fully saturated rings. The first-order valence-corrected chi connectivity index (χ1v) is 5.45. The molecule has 0 saturated carbocycles. The SMILES string of the molecule is O=C(Nc1ncn[nH]1)c1ccc(-n2cncn2)cc1. The summed E-state index contributed by atoms with van der Waals surface area (Å²) in [6.07, 6.45) is 4.36. The third-order valence-corrected chi connectivity index (χ3v) is 2.46. The smallest absolute Gasteiger partial charge is 0.258 e. The number of hydrogen-bond donors (Lipinski definition) is 2. The molecule has 94 valence electrons. The first kappa shape index (κ1) is 11.1. The van der Waals surface area contributed by atoms with Gasteiger partial charge in [-0.3, -0.25) is 10.1 Å². The lowest BCUT2D eigenvalue weighted by atomic mass is 10.2. The minimum absolute atomic E-state index is 0.262. The van der Waals surface area contributed by atoms with Gasteiger partial charge in [-0.2, -0.15) is 15.2 Å². The van der Waals surface area contributed by atoms with E-state index in [0.717, 1.165) is 5.69 Å². The normalized spacial score (nSPS) is 10.3. The Morgan fingerprint density at radius 3 is 2.68 bits per heavy atom. The number of nitrogens with one attached hydrogen (secondary N) is 2. The average molecular weight is 255 g/mol. The van der Waals surface area contributed by atoms with Gasteiger partial charge in [-0.15, -0.1) is 0 Å². The number of H-pyrrole nitrogens is 1. The van der Waals surface area contributed by atoms with Crippen LogP contribution in [-0.4, -0.2) is 35.9 Å². The monoisotopic (exact) mass is 255 g/mol. The fraction of sp³-hybridized carbons (Fsp3) is 0. The molecule has 2 heterocycles. The lowest BCUT2D eigenvalue weighted by molar-refractivity contribution is 0.102. The molecule has 1 amide bonds. The van der Waals surface area contributed by atoms with Crippen LogP contribution < -0.4 is 5.32 Å². The Kier molecular flexibility index (Phi) is 2.73. The van der Waals surface area contributed by atoms with Gasteiger partial charge in [-0.25, -0.2) is 14.8 Å². The van der Waals surface area contributed by atoms with Crippen LogP contribution in [0.2, 0.25) is 0 Å². The molecule has 0 unspecified atom stereocenters. The van der Waals surface area contributed by atoms with Gasteiger partial charge in [0.15, 0.2) is 0 Å². The van der Waals surface area contributed by atoms with Crippen LogP contribution in [0.3, 0.4) is 0 Å². The quantitative estimate of drug-likeness (QED) is 0.715. The van der Waals surface area contributed by atoms with E-state index in [9.17, 15) is 4.79 Å². The van der Waals surface area contributed by atoms with Gasteiger partial charge in [0.1, 0.15) is 19.0 Å². The maximum Gasteiger partial charge on any atom is 0.258 e. The Morgan fingerprint density at radius 2 is 2.05 bits per heavy atom. The van der Waals surface area contributed by atoms with Gasteiger partial charge in [0, 0.05) is 5.56 Å². The molecular formula is C11H9N7O. The highest BCUT2D eigenvalue weighted by Gasteiger charge is 2.07. The van der Waals surface area contributed by atoms with Crippen molar-refractivity contribution in [3.63, 3.8) is 0 Å². The number of anilines is 1. The Balaban J connectivity index is 1.77. The van der Waals surface area contributed by atoms with Crippen LogP contribution in [0, 0.1) is 0 Å². The number of amides is 1. The molecule has 1 aromatic carbocycles. The topological polar surface area (TPSA) is 101 Å². The number of aromatic amines is 1. The van der Waals surface area contributed by atoms with E-state index in [2.05, 4.69) is 30.6 Å². The maximum absolute atomic E-state index is 11.9. The molecule has 0 spiro atoms. The molecule has 0 aliphatic carbocycles. The van der Waals surface area contributed by atoms with Crippen molar-refractivity contribution < 1.29 is 4.79 Å². The molecule has 0 bridgehead atoms. The predicted molar refractivity (Wildman–Crippen MR) is 65.7 cm³/mol. The summed E-state index contributed by atoms with van der Waals surface area (Å²) in [7, 11) is 0. The van der Waals surface area contributed by atoms with Gasteiger partial charge in [0.2, 0.25) is 5.95 Å². The van der Waals surface area contributed by atoms with Crippen molar-refractivity contribution in [2.45, 2.75) is 0 Å². The summed E-state index contributed by atoms with van der Waals surface area (Å²) in [6, 6.07) is 6.96. The molecule has 3 aromatic rings. The van der Waals surface area contributed by atoms with Gasteiger partial charge in [0.05, 0.1) is 5.69 Å². The standard InChI is InChI=1S/C11H9N7O/c19-10(16-11-13-6-14-17-11)8-1-3-9(4-2-8)18-7-12-5-15-18/h1-7H,(H2,13,14,16,17,19). The second-order valence-corrected chi connectivity index (χ2v) is 3.68.